The van der Waals surface area contributed by atoms with Crippen LogP contribution in [0.2, 0.25) is 5.02 Å². The summed E-state index contributed by atoms with van der Waals surface area (Å²) < 4.78 is 0. The molecule has 2 unspecified atom stereocenters. The molecule has 1 heterocycles. The van der Waals surface area contributed by atoms with Crippen LogP contribution in [-0.2, 0) is 4.79 Å². The third-order valence-corrected chi connectivity index (χ3v) is 4.73. The number of nitrogens with zero attached hydrogens (tertiary/aromatic N) is 1. The molecular weight excluding hydrogens is 274 g/mol. The molecule has 1 saturated carbocycles. The molecule has 2 atom stereocenters. The van der Waals surface area contributed by atoms with E-state index < -0.39 is 5.54 Å². The largest absolute Gasteiger partial charge is 0.369 e. The summed E-state index contributed by atoms with van der Waals surface area (Å²) in [6, 6.07) is 8.47. The molecule has 4 nitrogen and oxygen atoms in total. The number of carbonyl (C=O) groups excluding carboxylic acids is 1. The highest BCUT2D eigenvalue weighted by Crippen LogP contribution is 2.39. The molecule has 20 heavy (non-hydrogen) atoms. The van der Waals surface area contributed by atoms with Gasteiger partial charge < -0.3 is 11.1 Å². The Hall–Kier alpha value is -1.26. The number of anilines is 1. The predicted octanol–water partition coefficient (Wildman–Crippen LogP) is 2.23. The van der Waals surface area contributed by atoms with Crippen molar-refractivity contribution < 1.29 is 4.79 Å². The number of hydrogen-bond donors (Lipinski definition) is 2. The van der Waals surface area contributed by atoms with Gasteiger partial charge in [-0.3, -0.25) is 9.69 Å². The van der Waals surface area contributed by atoms with E-state index in [9.17, 15) is 4.79 Å². The molecule has 2 aliphatic rings. The summed E-state index contributed by atoms with van der Waals surface area (Å²) in [5.41, 5.74) is 5.76. The van der Waals surface area contributed by atoms with Gasteiger partial charge in [0, 0.05) is 18.6 Å². The van der Waals surface area contributed by atoms with Crippen molar-refractivity contribution in [3.05, 3.63) is 29.3 Å². The van der Waals surface area contributed by atoms with Crippen LogP contribution < -0.4 is 11.1 Å². The lowest BCUT2D eigenvalue weighted by Gasteiger charge is -2.29. The third-order valence-electron chi connectivity index (χ3n) is 4.40. The van der Waals surface area contributed by atoms with Crippen molar-refractivity contribution in [2.45, 2.75) is 43.8 Å². The lowest BCUT2D eigenvalue weighted by atomic mass is 9.95. The molecule has 0 radical (unpaired) electrons. The van der Waals surface area contributed by atoms with E-state index >= 15 is 0 Å². The predicted molar refractivity (Wildman–Crippen MR) is 80.8 cm³/mol. The van der Waals surface area contributed by atoms with Gasteiger partial charge in [0.2, 0.25) is 5.91 Å². The van der Waals surface area contributed by atoms with Gasteiger partial charge in [0.05, 0.1) is 10.7 Å². The maximum atomic E-state index is 12.1. The smallest absolute Gasteiger partial charge is 0.244 e. The number of para-hydroxylation sites is 1. The van der Waals surface area contributed by atoms with Gasteiger partial charge in [0.1, 0.15) is 5.54 Å². The fourth-order valence-electron chi connectivity index (χ4n) is 3.20. The topological polar surface area (TPSA) is 58.4 Å². The number of nitrogens with two attached hydrogens (primary N) is 1. The number of halogens is 1. The molecule has 0 spiro atoms. The zero-order chi connectivity index (χ0) is 14.3. The van der Waals surface area contributed by atoms with Gasteiger partial charge >= 0.3 is 0 Å². The van der Waals surface area contributed by atoms with Gasteiger partial charge in [-0.15, -0.1) is 0 Å². The maximum Gasteiger partial charge on any atom is 0.244 e. The average molecular weight is 294 g/mol. The summed E-state index contributed by atoms with van der Waals surface area (Å²) in [7, 11) is 0. The SMILES string of the molecule is CC1CC(Nc2ccccc2Cl)(C(N)=O)CN1C1CC1. The minimum atomic E-state index is -0.715. The van der Waals surface area contributed by atoms with Crippen LogP contribution in [0, 0.1) is 0 Å². The van der Waals surface area contributed by atoms with Crippen molar-refractivity contribution >= 4 is 23.2 Å². The van der Waals surface area contributed by atoms with E-state index in [1.165, 1.54) is 12.8 Å². The van der Waals surface area contributed by atoms with Crippen molar-refractivity contribution in [3.8, 4) is 0 Å². The monoisotopic (exact) mass is 293 g/mol. The number of nitrogens with one attached hydrogen (secondary N) is 1. The molecule has 1 aromatic carbocycles. The van der Waals surface area contributed by atoms with Crippen LogP contribution in [0.1, 0.15) is 26.2 Å². The van der Waals surface area contributed by atoms with Crippen molar-refractivity contribution in [2.24, 2.45) is 5.73 Å². The van der Waals surface area contributed by atoms with E-state index in [4.69, 9.17) is 17.3 Å². The first-order valence-corrected chi connectivity index (χ1v) is 7.48. The Morgan fingerprint density at radius 2 is 2.15 bits per heavy atom. The average Bonchev–Trinajstić information content (AvgIpc) is 3.17. The number of amides is 1. The summed E-state index contributed by atoms with van der Waals surface area (Å²) in [6.45, 7) is 2.83. The summed E-state index contributed by atoms with van der Waals surface area (Å²) in [5, 5.41) is 3.93. The number of hydrogen-bond acceptors (Lipinski definition) is 3. The van der Waals surface area contributed by atoms with Crippen LogP contribution in [-0.4, -0.2) is 35.0 Å². The molecule has 1 aliphatic carbocycles. The minimum Gasteiger partial charge on any atom is -0.369 e. The fraction of sp³-hybridized carbons (Fsp3) is 0.533. The van der Waals surface area contributed by atoms with Crippen LogP contribution in [0.25, 0.3) is 0 Å². The summed E-state index contributed by atoms with van der Waals surface area (Å²) in [5.74, 6) is -0.299. The molecule has 0 bridgehead atoms. The molecule has 108 valence electrons. The van der Waals surface area contributed by atoms with Crippen LogP contribution >= 0.6 is 11.6 Å². The lowest BCUT2D eigenvalue weighted by Crippen LogP contribution is -2.52. The van der Waals surface area contributed by atoms with Crippen LogP contribution in [0.4, 0.5) is 5.69 Å². The first-order chi connectivity index (χ1) is 9.52. The Kier molecular flexibility index (Phi) is 3.38. The number of carbonyl (C=O) groups is 1. The standard InChI is InChI=1S/C15H20ClN3O/c1-10-8-15(14(17)20,9-19(10)11-6-7-11)18-13-5-3-2-4-12(13)16/h2-5,10-11,18H,6-9H2,1H3,(H2,17,20). The number of likely N-dealkylation sites (tertiary alicyclic amines) is 1. The van der Waals surface area contributed by atoms with E-state index in [0.717, 1.165) is 12.1 Å². The molecular formula is C15H20ClN3O. The Morgan fingerprint density at radius 1 is 1.45 bits per heavy atom. The van der Waals surface area contributed by atoms with Crippen LogP contribution in [0.3, 0.4) is 0 Å². The van der Waals surface area contributed by atoms with Gasteiger partial charge in [0.25, 0.3) is 0 Å². The molecule has 1 amide bonds. The highest BCUT2D eigenvalue weighted by molar-refractivity contribution is 6.33. The molecule has 1 aliphatic heterocycles. The second-order valence-corrected chi connectivity index (χ2v) is 6.42. The normalized spacial score (nSPS) is 30.4. The first-order valence-electron chi connectivity index (χ1n) is 7.10. The molecule has 3 N–H and O–H groups in total. The highest BCUT2D eigenvalue weighted by Gasteiger charge is 2.50. The second kappa shape index (κ2) is 4.93. The minimum absolute atomic E-state index is 0.299. The number of rotatable bonds is 4. The highest BCUT2D eigenvalue weighted by atomic mass is 35.5. The summed E-state index contributed by atoms with van der Waals surface area (Å²) >= 11 is 6.19. The summed E-state index contributed by atoms with van der Waals surface area (Å²) in [6.07, 6.45) is 3.18. The molecule has 1 saturated heterocycles. The number of primary amides is 1. The van der Waals surface area contributed by atoms with E-state index in [1.807, 2.05) is 24.3 Å². The maximum absolute atomic E-state index is 12.1. The van der Waals surface area contributed by atoms with E-state index in [2.05, 4.69) is 17.1 Å². The van der Waals surface area contributed by atoms with Crippen LogP contribution in [0.5, 0.6) is 0 Å². The van der Waals surface area contributed by atoms with Crippen molar-refractivity contribution in [2.75, 3.05) is 11.9 Å². The molecule has 1 aromatic rings. The Balaban J connectivity index is 1.86. The Morgan fingerprint density at radius 3 is 2.75 bits per heavy atom. The first kappa shape index (κ1) is 13.7. The molecule has 0 aromatic heterocycles. The van der Waals surface area contributed by atoms with Gasteiger partial charge in [-0.05, 0) is 38.3 Å². The van der Waals surface area contributed by atoms with E-state index in [-0.39, 0.29) is 5.91 Å². The third kappa shape index (κ3) is 2.38. The quantitative estimate of drug-likeness (QED) is 0.895. The van der Waals surface area contributed by atoms with Crippen LogP contribution in [0.15, 0.2) is 24.3 Å². The lowest BCUT2D eigenvalue weighted by molar-refractivity contribution is -0.121. The van der Waals surface area contributed by atoms with Crippen molar-refractivity contribution in [1.82, 2.24) is 4.90 Å². The molecule has 2 fully saturated rings. The van der Waals surface area contributed by atoms with Gasteiger partial charge in [-0.2, -0.15) is 0 Å². The summed E-state index contributed by atoms with van der Waals surface area (Å²) in [4.78, 5) is 14.5. The fourth-order valence-corrected chi connectivity index (χ4v) is 3.38. The Bertz CT molecular complexity index is 532. The van der Waals surface area contributed by atoms with Crippen molar-refractivity contribution in [3.63, 3.8) is 0 Å². The second-order valence-electron chi connectivity index (χ2n) is 6.01. The van der Waals surface area contributed by atoms with Gasteiger partial charge in [-0.1, -0.05) is 23.7 Å². The van der Waals surface area contributed by atoms with Gasteiger partial charge in [-0.25, -0.2) is 0 Å². The molecule has 3 rings (SSSR count). The zero-order valence-corrected chi connectivity index (χ0v) is 12.4. The zero-order valence-electron chi connectivity index (χ0n) is 11.6. The Labute approximate surface area is 124 Å². The van der Waals surface area contributed by atoms with E-state index in [0.29, 0.717) is 23.7 Å². The van der Waals surface area contributed by atoms with Crippen molar-refractivity contribution in [1.29, 1.82) is 0 Å². The van der Waals surface area contributed by atoms with Gasteiger partial charge in [0.15, 0.2) is 0 Å². The number of benzene rings is 1. The molecule has 5 heteroatoms. The van der Waals surface area contributed by atoms with E-state index in [1.54, 1.807) is 0 Å².